The Morgan fingerprint density at radius 2 is 2.12 bits per heavy atom. The molecule has 0 bridgehead atoms. The number of aryl methyl sites for hydroxylation is 2. The topological polar surface area (TPSA) is 12.0 Å². The molecule has 0 aliphatic heterocycles. The van der Waals surface area contributed by atoms with Gasteiger partial charge in [0.2, 0.25) is 0 Å². The summed E-state index contributed by atoms with van der Waals surface area (Å²) in [5.74, 6) is 0. The summed E-state index contributed by atoms with van der Waals surface area (Å²) in [4.78, 5) is 0. The van der Waals surface area contributed by atoms with Crippen LogP contribution in [0.15, 0.2) is 27.6 Å². The van der Waals surface area contributed by atoms with Gasteiger partial charge in [-0.3, -0.25) is 0 Å². The maximum absolute atomic E-state index is 3.60. The molecule has 0 amide bonds. The summed E-state index contributed by atoms with van der Waals surface area (Å²) < 4.78 is 0. The fraction of sp³-hybridized carbons (Fsp3) is 0.429. The first-order chi connectivity index (χ1) is 8.31. The number of rotatable bonds is 6. The molecule has 1 nitrogen and oxygen atoms in total. The zero-order chi connectivity index (χ0) is 12.1. The maximum atomic E-state index is 3.60. The number of thiophene rings is 2. The lowest BCUT2D eigenvalue weighted by atomic mass is 10.00. The van der Waals surface area contributed by atoms with Gasteiger partial charge in [-0.15, -0.1) is 0 Å². The van der Waals surface area contributed by atoms with Crippen molar-refractivity contribution in [1.29, 1.82) is 0 Å². The van der Waals surface area contributed by atoms with Crippen molar-refractivity contribution in [1.82, 2.24) is 5.32 Å². The molecule has 2 heterocycles. The smallest absolute Gasteiger partial charge is 0.0334 e. The van der Waals surface area contributed by atoms with Gasteiger partial charge in [-0.1, -0.05) is 6.92 Å². The van der Waals surface area contributed by atoms with Gasteiger partial charge in [0, 0.05) is 6.04 Å². The van der Waals surface area contributed by atoms with Crippen molar-refractivity contribution < 1.29 is 0 Å². The molecule has 0 radical (unpaired) electrons. The zero-order valence-corrected chi connectivity index (χ0v) is 12.0. The highest BCUT2D eigenvalue weighted by atomic mass is 32.1. The van der Waals surface area contributed by atoms with Crippen LogP contribution in [0.25, 0.3) is 0 Å². The quantitative estimate of drug-likeness (QED) is 0.816. The van der Waals surface area contributed by atoms with Crippen molar-refractivity contribution in [3.05, 3.63) is 44.3 Å². The molecule has 1 unspecified atom stereocenters. The summed E-state index contributed by atoms with van der Waals surface area (Å²) >= 11 is 3.59. The van der Waals surface area contributed by atoms with Gasteiger partial charge in [0.05, 0.1) is 0 Å². The van der Waals surface area contributed by atoms with Crippen LogP contribution in [-0.4, -0.2) is 6.54 Å². The first-order valence-corrected chi connectivity index (χ1v) is 7.97. The Hall–Kier alpha value is -0.640. The highest BCUT2D eigenvalue weighted by molar-refractivity contribution is 7.08. The molecule has 0 spiro atoms. The van der Waals surface area contributed by atoms with Gasteiger partial charge in [0.1, 0.15) is 0 Å². The molecule has 1 atom stereocenters. The molecule has 2 aromatic rings. The molecular formula is C14H19NS2. The lowest BCUT2D eigenvalue weighted by molar-refractivity contribution is 0.515. The van der Waals surface area contributed by atoms with Gasteiger partial charge in [-0.25, -0.2) is 0 Å². The lowest BCUT2D eigenvalue weighted by Gasteiger charge is -2.17. The van der Waals surface area contributed by atoms with Crippen LogP contribution in [0.3, 0.4) is 0 Å². The van der Waals surface area contributed by atoms with Crippen molar-refractivity contribution in [2.24, 2.45) is 0 Å². The third kappa shape index (κ3) is 3.41. The van der Waals surface area contributed by atoms with Gasteiger partial charge in [-0.05, 0) is 70.6 Å². The molecule has 0 saturated carbocycles. The van der Waals surface area contributed by atoms with Crippen LogP contribution < -0.4 is 5.32 Å². The summed E-state index contributed by atoms with van der Waals surface area (Å²) in [6.07, 6.45) is 2.35. The third-order valence-corrected chi connectivity index (χ3v) is 4.63. The Bertz CT molecular complexity index is 431. The number of hydrogen-bond acceptors (Lipinski definition) is 3. The molecule has 2 aromatic heterocycles. The average molecular weight is 265 g/mol. The first kappa shape index (κ1) is 12.8. The zero-order valence-electron chi connectivity index (χ0n) is 10.4. The summed E-state index contributed by atoms with van der Waals surface area (Å²) in [5, 5.41) is 12.5. The Morgan fingerprint density at radius 3 is 2.71 bits per heavy atom. The first-order valence-electron chi connectivity index (χ1n) is 6.08. The standard InChI is InChI=1S/C14H19NS2/c1-3-15-14(13-10-17-8-11(13)2)5-4-12-6-7-16-9-12/h6-10,14-15H,3-5H2,1-2H3. The van der Waals surface area contributed by atoms with Crippen LogP contribution in [0.1, 0.15) is 36.1 Å². The summed E-state index contributed by atoms with van der Waals surface area (Å²) in [6, 6.07) is 2.74. The fourth-order valence-corrected chi connectivity index (χ4v) is 3.70. The second-order valence-electron chi connectivity index (χ2n) is 4.29. The van der Waals surface area contributed by atoms with E-state index in [2.05, 4.69) is 46.8 Å². The van der Waals surface area contributed by atoms with E-state index in [-0.39, 0.29) is 0 Å². The molecule has 92 valence electrons. The molecule has 0 fully saturated rings. The van der Waals surface area contributed by atoms with Crippen LogP contribution in [-0.2, 0) is 6.42 Å². The fourth-order valence-electron chi connectivity index (χ4n) is 2.09. The number of nitrogens with one attached hydrogen (secondary N) is 1. The van der Waals surface area contributed by atoms with E-state index >= 15 is 0 Å². The van der Waals surface area contributed by atoms with Gasteiger partial charge < -0.3 is 5.32 Å². The van der Waals surface area contributed by atoms with Gasteiger partial charge >= 0.3 is 0 Å². The van der Waals surface area contributed by atoms with E-state index < -0.39 is 0 Å². The normalized spacial score (nSPS) is 12.8. The lowest BCUT2D eigenvalue weighted by Crippen LogP contribution is -2.21. The van der Waals surface area contributed by atoms with Crippen LogP contribution in [0.2, 0.25) is 0 Å². The van der Waals surface area contributed by atoms with Gasteiger partial charge in [0.25, 0.3) is 0 Å². The molecule has 2 rings (SSSR count). The largest absolute Gasteiger partial charge is 0.310 e. The monoisotopic (exact) mass is 265 g/mol. The molecule has 0 aliphatic carbocycles. The van der Waals surface area contributed by atoms with Crippen LogP contribution in [0.4, 0.5) is 0 Å². The van der Waals surface area contributed by atoms with E-state index in [0.717, 1.165) is 13.0 Å². The van der Waals surface area contributed by atoms with Crippen molar-refractivity contribution in [2.75, 3.05) is 6.54 Å². The Labute approximate surface area is 112 Å². The molecule has 0 saturated heterocycles. The summed E-state index contributed by atoms with van der Waals surface area (Å²) in [5.41, 5.74) is 4.36. The van der Waals surface area contributed by atoms with E-state index in [1.807, 2.05) is 0 Å². The molecule has 3 heteroatoms. The Balaban J connectivity index is 2.00. The second kappa shape index (κ2) is 6.34. The van der Waals surface area contributed by atoms with Crippen molar-refractivity contribution in [2.45, 2.75) is 32.7 Å². The predicted octanol–water partition coefficient (Wildman–Crippen LogP) is 4.40. The summed E-state index contributed by atoms with van der Waals surface area (Å²) in [6.45, 7) is 5.42. The van der Waals surface area contributed by atoms with Crippen molar-refractivity contribution >= 4 is 22.7 Å². The Kier molecular flexibility index (Phi) is 4.77. The van der Waals surface area contributed by atoms with Crippen molar-refractivity contribution in [3.8, 4) is 0 Å². The van der Waals surface area contributed by atoms with E-state index in [9.17, 15) is 0 Å². The van der Waals surface area contributed by atoms with E-state index in [0.29, 0.717) is 6.04 Å². The van der Waals surface area contributed by atoms with Crippen LogP contribution in [0, 0.1) is 6.92 Å². The van der Waals surface area contributed by atoms with E-state index in [1.165, 1.54) is 23.1 Å². The minimum atomic E-state index is 0.506. The van der Waals surface area contributed by atoms with E-state index in [4.69, 9.17) is 0 Å². The highest BCUT2D eigenvalue weighted by Gasteiger charge is 2.13. The number of hydrogen-bond donors (Lipinski definition) is 1. The molecule has 0 aliphatic rings. The molecule has 17 heavy (non-hydrogen) atoms. The molecule has 1 N–H and O–H groups in total. The SMILES string of the molecule is CCNC(CCc1ccsc1)c1cscc1C. The summed E-state index contributed by atoms with van der Waals surface area (Å²) in [7, 11) is 0. The van der Waals surface area contributed by atoms with Crippen LogP contribution >= 0.6 is 22.7 Å². The van der Waals surface area contributed by atoms with Crippen molar-refractivity contribution in [3.63, 3.8) is 0 Å². The Morgan fingerprint density at radius 1 is 1.24 bits per heavy atom. The third-order valence-electron chi connectivity index (χ3n) is 3.02. The predicted molar refractivity (Wildman–Crippen MR) is 78.1 cm³/mol. The van der Waals surface area contributed by atoms with Gasteiger partial charge in [0.15, 0.2) is 0 Å². The average Bonchev–Trinajstić information content (AvgIpc) is 2.95. The minimum absolute atomic E-state index is 0.506. The second-order valence-corrected chi connectivity index (χ2v) is 5.81. The minimum Gasteiger partial charge on any atom is -0.310 e. The highest BCUT2D eigenvalue weighted by Crippen LogP contribution is 2.25. The molecule has 0 aromatic carbocycles. The van der Waals surface area contributed by atoms with E-state index in [1.54, 1.807) is 22.7 Å². The van der Waals surface area contributed by atoms with Crippen LogP contribution in [0.5, 0.6) is 0 Å². The molecular weight excluding hydrogens is 246 g/mol. The van der Waals surface area contributed by atoms with Gasteiger partial charge in [-0.2, -0.15) is 22.7 Å². The maximum Gasteiger partial charge on any atom is 0.0334 e.